The van der Waals surface area contributed by atoms with Gasteiger partial charge in [0.15, 0.2) is 0 Å². The molecule has 0 saturated carbocycles. The van der Waals surface area contributed by atoms with E-state index in [1.807, 2.05) is 17.9 Å². The third kappa shape index (κ3) is 5.02. The fourth-order valence-corrected chi connectivity index (χ4v) is 3.15. The minimum absolute atomic E-state index is 0.0255. The van der Waals surface area contributed by atoms with Crippen LogP contribution in [0.15, 0.2) is 36.4 Å². The molecule has 5 nitrogen and oxygen atoms in total. The molecule has 1 N–H and O–H groups in total. The molecule has 0 atom stereocenters. The summed E-state index contributed by atoms with van der Waals surface area (Å²) in [4.78, 5) is 23.4. The number of aromatic nitrogens is 2. The number of nitrogens with one attached hydrogen (secondary N) is 1. The Balaban J connectivity index is 1.56. The third-order valence-electron chi connectivity index (χ3n) is 4.48. The number of anilines is 1. The van der Waals surface area contributed by atoms with Crippen molar-refractivity contribution in [2.45, 2.75) is 39.0 Å². The van der Waals surface area contributed by atoms with E-state index in [1.165, 1.54) is 12.0 Å². The van der Waals surface area contributed by atoms with Crippen molar-refractivity contribution < 1.29 is 4.79 Å². The van der Waals surface area contributed by atoms with E-state index in [-0.39, 0.29) is 5.91 Å². The minimum atomic E-state index is 0.0255. The van der Waals surface area contributed by atoms with E-state index in [0.29, 0.717) is 11.6 Å². The second kappa shape index (κ2) is 8.60. The first-order valence-electron chi connectivity index (χ1n) is 9.15. The number of aryl methyl sites for hydroxylation is 2. The van der Waals surface area contributed by atoms with Gasteiger partial charge in [-0.25, -0.2) is 9.97 Å². The van der Waals surface area contributed by atoms with Gasteiger partial charge in [0.25, 0.3) is 5.91 Å². The first-order valence-corrected chi connectivity index (χ1v) is 9.15. The highest BCUT2D eigenvalue weighted by molar-refractivity contribution is 5.92. The van der Waals surface area contributed by atoms with Gasteiger partial charge >= 0.3 is 0 Å². The van der Waals surface area contributed by atoms with Crippen LogP contribution in [0.5, 0.6) is 0 Å². The molecule has 1 fully saturated rings. The summed E-state index contributed by atoms with van der Waals surface area (Å²) >= 11 is 0. The van der Waals surface area contributed by atoms with Crippen molar-refractivity contribution in [3.05, 3.63) is 53.3 Å². The van der Waals surface area contributed by atoms with E-state index in [0.717, 1.165) is 51.0 Å². The van der Waals surface area contributed by atoms with Crippen LogP contribution in [-0.2, 0) is 6.42 Å². The van der Waals surface area contributed by atoms with Crippen LogP contribution < -0.4 is 5.32 Å². The monoisotopic (exact) mass is 338 g/mol. The van der Waals surface area contributed by atoms with Crippen LogP contribution in [0.25, 0.3) is 0 Å². The number of amides is 1. The zero-order valence-corrected chi connectivity index (χ0v) is 14.9. The number of hydrogen-bond acceptors (Lipinski definition) is 4. The maximum absolute atomic E-state index is 12.6. The molecule has 5 heteroatoms. The first kappa shape index (κ1) is 17.4. The maximum atomic E-state index is 12.6. The van der Waals surface area contributed by atoms with Crippen LogP contribution in [0.1, 0.15) is 47.4 Å². The van der Waals surface area contributed by atoms with Crippen molar-refractivity contribution >= 4 is 11.9 Å². The SMILES string of the molecule is Cc1cc(C(=O)N2CCCCC2)nc(NCCCc2ccccc2)n1. The van der Waals surface area contributed by atoms with Gasteiger partial charge in [-0.3, -0.25) is 4.79 Å². The molecule has 1 aliphatic rings. The predicted molar refractivity (Wildman–Crippen MR) is 99.8 cm³/mol. The quantitative estimate of drug-likeness (QED) is 0.820. The van der Waals surface area contributed by atoms with Crippen LogP contribution in [0, 0.1) is 6.92 Å². The fraction of sp³-hybridized carbons (Fsp3) is 0.450. The van der Waals surface area contributed by atoms with Crippen LogP contribution in [0.4, 0.5) is 5.95 Å². The second-order valence-corrected chi connectivity index (χ2v) is 6.59. The molecule has 2 heterocycles. The Kier molecular flexibility index (Phi) is 5.99. The van der Waals surface area contributed by atoms with Crippen molar-refractivity contribution in [3.63, 3.8) is 0 Å². The van der Waals surface area contributed by atoms with E-state index in [4.69, 9.17) is 0 Å². The lowest BCUT2D eigenvalue weighted by Crippen LogP contribution is -2.36. The fourth-order valence-electron chi connectivity index (χ4n) is 3.15. The smallest absolute Gasteiger partial charge is 0.272 e. The Bertz CT molecular complexity index is 696. The molecule has 1 amide bonds. The summed E-state index contributed by atoms with van der Waals surface area (Å²) in [5, 5.41) is 3.26. The number of rotatable bonds is 6. The standard InChI is InChI=1S/C20H26N4O/c1-16-15-18(19(25)24-13-6-3-7-14-24)23-20(22-16)21-12-8-11-17-9-4-2-5-10-17/h2,4-5,9-10,15H,3,6-8,11-14H2,1H3,(H,21,22,23). The molecular weight excluding hydrogens is 312 g/mol. The Morgan fingerprint density at radius 3 is 2.64 bits per heavy atom. The van der Waals surface area contributed by atoms with Gasteiger partial charge in [-0.05, 0) is 50.7 Å². The van der Waals surface area contributed by atoms with E-state index >= 15 is 0 Å². The van der Waals surface area contributed by atoms with Crippen LogP contribution >= 0.6 is 0 Å². The summed E-state index contributed by atoms with van der Waals surface area (Å²) in [5.41, 5.74) is 2.65. The molecule has 0 aliphatic carbocycles. The van der Waals surface area contributed by atoms with E-state index in [9.17, 15) is 4.79 Å². The average molecular weight is 338 g/mol. The highest BCUT2D eigenvalue weighted by Crippen LogP contribution is 2.14. The molecular formula is C20H26N4O. The molecule has 25 heavy (non-hydrogen) atoms. The maximum Gasteiger partial charge on any atom is 0.272 e. The second-order valence-electron chi connectivity index (χ2n) is 6.59. The summed E-state index contributed by atoms with van der Waals surface area (Å²) in [6.45, 7) is 4.36. The number of carbonyl (C=O) groups is 1. The molecule has 2 aromatic rings. The van der Waals surface area contributed by atoms with Crippen molar-refractivity contribution in [2.24, 2.45) is 0 Å². The molecule has 1 saturated heterocycles. The predicted octanol–water partition coefficient (Wildman–Crippen LogP) is 3.46. The lowest BCUT2D eigenvalue weighted by atomic mass is 10.1. The lowest BCUT2D eigenvalue weighted by molar-refractivity contribution is 0.0718. The largest absolute Gasteiger partial charge is 0.354 e. The van der Waals surface area contributed by atoms with Gasteiger partial charge < -0.3 is 10.2 Å². The van der Waals surface area contributed by atoms with Gasteiger partial charge in [-0.2, -0.15) is 0 Å². The number of likely N-dealkylation sites (tertiary alicyclic amines) is 1. The summed E-state index contributed by atoms with van der Waals surface area (Å²) in [6.07, 6.45) is 5.39. The summed E-state index contributed by atoms with van der Waals surface area (Å²) < 4.78 is 0. The van der Waals surface area contributed by atoms with Gasteiger partial charge in [0.2, 0.25) is 5.95 Å². The summed E-state index contributed by atoms with van der Waals surface area (Å²) in [5.74, 6) is 0.575. The highest BCUT2D eigenvalue weighted by atomic mass is 16.2. The van der Waals surface area contributed by atoms with Gasteiger partial charge in [-0.15, -0.1) is 0 Å². The number of piperidine rings is 1. The molecule has 0 unspecified atom stereocenters. The number of benzene rings is 1. The number of carbonyl (C=O) groups excluding carboxylic acids is 1. The Hall–Kier alpha value is -2.43. The van der Waals surface area contributed by atoms with Gasteiger partial charge in [0.1, 0.15) is 5.69 Å². The normalized spacial score (nSPS) is 14.4. The van der Waals surface area contributed by atoms with E-state index < -0.39 is 0 Å². The van der Waals surface area contributed by atoms with Crippen molar-refractivity contribution in [3.8, 4) is 0 Å². The van der Waals surface area contributed by atoms with E-state index in [2.05, 4.69) is 39.6 Å². The topological polar surface area (TPSA) is 58.1 Å². The molecule has 1 aromatic carbocycles. The van der Waals surface area contributed by atoms with Crippen molar-refractivity contribution in [1.82, 2.24) is 14.9 Å². The molecule has 0 bridgehead atoms. The number of hydrogen-bond donors (Lipinski definition) is 1. The molecule has 0 radical (unpaired) electrons. The highest BCUT2D eigenvalue weighted by Gasteiger charge is 2.20. The summed E-state index contributed by atoms with van der Waals surface area (Å²) in [6, 6.07) is 12.2. The molecule has 3 rings (SSSR count). The molecule has 1 aromatic heterocycles. The zero-order valence-electron chi connectivity index (χ0n) is 14.9. The van der Waals surface area contributed by atoms with Crippen molar-refractivity contribution in [1.29, 1.82) is 0 Å². The average Bonchev–Trinajstić information content (AvgIpc) is 2.66. The summed E-state index contributed by atoms with van der Waals surface area (Å²) in [7, 11) is 0. The van der Waals surface area contributed by atoms with Gasteiger partial charge in [0.05, 0.1) is 0 Å². The Labute approximate surface area is 149 Å². The third-order valence-corrected chi connectivity index (χ3v) is 4.48. The van der Waals surface area contributed by atoms with Gasteiger partial charge in [-0.1, -0.05) is 30.3 Å². The molecule has 1 aliphatic heterocycles. The van der Waals surface area contributed by atoms with Crippen molar-refractivity contribution in [2.75, 3.05) is 25.0 Å². The minimum Gasteiger partial charge on any atom is -0.354 e. The van der Waals surface area contributed by atoms with Crippen LogP contribution in [0.3, 0.4) is 0 Å². The van der Waals surface area contributed by atoms with Gasteiger partial charge in [0, 0.05) is 25.3 Å². The lowest BCUT2D eigenvalue weighted by Gasteiger charge is -2.26. The zero-order chi connectivity index (χ0) is 17.5. The molecule has 0 spiro atoms. The van der Waals surface area contributed by atoms with E-state index in [1.54, 1.807) is 6.07 Å². The first-order chi connectivity index (χ1) is 12.2. The Morgan fingerprint density at radius 1 is 1.12 bits per heavy atom. The van der Waals surface area contributed by atoms with Crippen LogP contribution in [0.2, 0.25) is 0 Å². The number of nitrogens with zero attached hydrogens (tertiary/aromatic N) is 3. The Morgan fingerprint density at radius 2 is 1.88 bits per heavy atom. The molecule has 132 valence electrons. The van der Waals surface area contributed by atoms with Crippen LogP contribution in [-0.4, -0.2) is 40.4 Å².